The van der Waals surface area contributed by atoms with E-state index >= 15 is 0 Å². The Morgan fingerprint density at radius 2 is 2.18 bits per heavy atom. The first kappa shape index (κ1) is 12.0. The van der Waals surface area contributed by atoms with Crippen LogP contribution in [0.3, 0.4) is 0 Å². The first-order valence-electron chi connectivity index (χ1n) is 5.38. The van der Waals surface area contributed by atoms with Crippen LogP contribution in [0.15, 0.2) is 24.4 Å². The number of nitrogens with zero attached hydrogens (tertiary/aromatic N) is 3. The number of sulfonamides is 1. The van der Waals surface area contributed by atoms with E-state index in [1.165, 1.54) is 0 Å². The molecule has 92 valence electrons. The van der Waals surface area contributed by atoms with E-state index in [1.807, 2.05) is 25.1 Å². The van der Waals surface area contributed by atoms with Gasteiger partial charge in [0.25, 0.3) is 0 Å². The minimum Gasteiger partial charge on any atom is -0.285 e. The summed E-state index contributed by atoms with van der Waals surface area (Å²) in [6.07, 6.45) is 2.40. The second-order valence-electron chi connectivity index (χ2n) is 3.69. The molecule has 0 aliphatic rings. The van der Waals surface area contributed by atoms with E-state index in [9.17, 15) is 8.42 Å². The molecule has 0 bridgehead atoms. The molecule has 1 N–H and O–H groups in total. The van der Waals surface area contributed by atoms with Gasteiger partial charge in [0.15, 0.2) is 11.5 Å². The summed E-state index contributed by atoms with van der Waals surface area (Å²) in [6.45, 7) is 1.99. The Morgan fingerprint density at radius 1 is 1.35 bits per heavy atom. The third-order valence-electron chi connectivity index (χ3n) is 2.31. The number of pyridine rings is 1. The summed E-state index contributed by atoms with van der Waals surface area (Å²) in [5.74, 6) is 0.712. The fourth-order valence-electron chi connectivity index (χ4n) is 1.53. The van der Waals surface area contributed by atoms with E-state index in [2.05, 4.69) is 14.9 Å². The van der Waals surface area contributed by atoms with Gasteiger partial charge in [0.1, 0.15) is 0 Å². The van der Waals surface area contributed by atoms with Crippen molar-refractivity contribution >= 4 is 15.7 Å². The Balaban J connectivity index is 2.15. The molecule has 0 fully saturated rings. The highest BCUT2D eigenvalue weighted by Crippen LogP contribution is 2.03. The third kappa shape index (κ3) is 2.80. The molecule has 0 saturated heterocycles. The Hall–Kier alpha value is -1.47. The zero-order valence-electron chi connectivity index (χ0n) is 9.50. The van der Waals surface area contributed by atoms with Crippen molar-refractivity contribution in [1.29, 1.82) is 0 Å². The number of nitrogens with one attached hydrogen (secondary N) is 1. The summed E-state index contributed by atoms with van der Waals surface area (Å²) in [4.78, 5) is 0. The molecule has 0 aliphatic heterocycles. The smallest absolute Gasteiger partial charge is 0.211 e. The standard InChI is InChI=1S/C10H14N4O2S/c1-2-7-17(15,16)11-8-10-13-12-9-5-3-4-6-14(9)10/h3-6,11H,2,7-8H2,1H3. The number of fused-ring (bicyclic) bond motifs is 1. The quantitative estimate of drug-likeness (QED) is 0.845. The second kappa shape index (κ2) is 4.80. The van der Waals surface area contributed by atoms with E-state index in [0.717, 1.165) is 0 Å². The minimum absolute atomic E-state index is 0.129. The lowest BCUT2D eigenvalue weighted by Gasteiger charge is -2.03. The lowest BCUT2D eigenvalue weighted by molar-refractivity contribution is 0.577. The molecule has 6 nitrogen and oxygen atoms in total. The Kier molecular flexibility index (Phi) is 3.39. The van der Waals surface area contributed by atoms with Gasteiger partial charge in [0.2, 0.25) is 10.0 Å². The first-order chi connectivity index (χ1) is 8.12. The summed E-state index contributed by atoms with van der Waals surface area (Å²) in [5.41, 5.74) is 0.706. The molecule has 0 amide bonds. The molecule has 2 rings (SSSR count). The lowest BCUT2D eigenvalue weighted by Crippen LogP contribution is -2.26. The minimum atomic E-state index is -3.21. The predicted octanol–water partition coefficient (Wildman–Crippen LogP) is 0.559. The van der Waals surface area contributed by atoms with Crippen LogP contribution in [-0.4, -0.2) is 28.8 Å². The van der Waals surface area contributed by atoms with Crippen molar-refractivity contribution in [3.05, 3.63) is 30.2 Å². The SMILES string of the molecule is CCCS(=O)(=O)NCc1nnc2ccccn12. The summed E-state index contributed by atoms with van der Waals surface area (Å²) in [6, 6.07) is 5.52. The van der Waals surface area contributed by atoms with Crippen molar-refractivity contribution < 1.29 is 8.42 Å². The highest BCUT2D eigenvalue weighted by atomic mass is 32.2. The van der Waals surface area contributed by atoms with Gasteiger partial charge in [-0.15, -0.1) is 10.2 Å². The molecule has 0 saturated carbocycles. The molecule has 2 aromatic rings. The molecule has 0 unspecified atom stereocenters. The first-order valence-corrected chi connectivity index (χ1v) is 7.03. The van der Waals surface area contributed by atoms with Gasteiger partial charge in [-0.1, -0.05) is 13.0 Å². The highest BCUT2D eigenvalue weighted by Gasteiger charge is 2.11. The largest absolute Gasteiger partial charge is 0.285 e. The average Bonchev–Trinajstić information content (AvgIpc) is 2.70. The molecule has 0 aromatic carbocycles. The van der Waals surface area contributed by atoms with Crippen LogP contribution in [0.2, 0.25) is 0 Å². The van der Waals surface area contributed by atoms with E-state index in [1.54, 1.807) is 10.6 Å². The predicted molar refractivity (Wildman–Crippen MR) is 63.9 cm³/mol. The van der Waals surface area contributed by atoms with Gasteiger partial charge in [0.05, 0.1) is 12.3 Å². The van der Waals surface area contributed by atoms with Crippen LogP contribution >= 0.6 is 0 Å². The Morgan fingerprint density at radius 3 is 2.94 bits per heavy atom. The van der Waals surface area contributed by atoms with Crippen molar-refractivity contribution in [2.75, 3.05) is 5.75 Å². The van der Waals surface area contributed by atoms with E-state index in [4.69, 9.17) is 0 Å². The van der Waals surface area contributed by atoms with Crippen LogP contribution in [0, 0.1) is 0 Å². The van der Waals surface area contributed by atoms with Crippen LogP contribution in [0.4, 0.5) is 0 Å². The van der Waals surface area contributed by atoms with Crippen molar-refractivity contribution in [2.24, 2.45) is 0 Å². The van der Waals surface area contributed by atoms with E-state index in [0.29, 0.717) is 17.9 Å². The summed E-state index contributed by atoms with van der Waals surface area (Å²) in [5, 5.41) is 7.89. The maximum Gasteiger partial charge on any atom is 0.211 e. The Bertz CT molecular complexity index is 606. The van der Waals surface area contributed by atoms with Gasteiger partial charge in [-0.2, -0.15) is 0 Å². The molecule has 2 aromatic heterocycles. The molecule has 0 radical (unpaired) electrons. The van der Waals surface area contributed by atoms with Gasteiger partial charge >= 0.3 is 0 Å². The summed E-state index contributed by atoms with van der Waals surface area (Å²) >= 11 is 0. The molecule has 0 spiro atoms. The van der Waals surface area contributed by atoms with Crippen LogP contribution in [0.25, 0.3) is 5.65 Å². The normalized spacial score (nSPS) is 12.1. The van der Waals surface area contributed by atoms with Crippen molar-refractivity contribution in [3.8, 4) is 0 Å². The zero-order valence-corrected chi connectivity index (χ0v) is 10.3. The van der Waals surface area contributed by atoms with E-state index < -0.39 is 10.0 Å². The average molecular weight is 254 g/mol. The number of hydrogen-bond donors (Lipinski definition) is 1. The number of hydrogen-bond acceptors (Lipinski definition) is 4. The van der Waals surface area contributed by atoms with Crippen LogP contribution in [0.5, 0.6) is 0 Å². The van der Waals surface area contributed by atoms with Gasteiger partial charge in [-0.25, -0.2) is 13.1 Å². The van der Waals surface area contributed by atoms with Gasteiger partial charge in [-0.3, -0.25) is 4.40 Å². The van der Waals surface area contributed by atoms with Crippen molar-refractivity contribution in [1.82, 2.24) is 19.3 Å². The maximum atomic E-state index is 11.5. The molecule has 7 heteroatoms. The van der Waals surface area contributed by atoms with Gasteiger partial charge < -0.3 is 0 Å². The zero-order chi connectivity index (χ0) is 12.3. The topological polar surface area (TPSA) is 76.4 Å². The highest BCUT2D eigenvalue weighted by molar-refractivity contribution is 7.89. The van der Waals surface area contributed by atoms with Gasteiger partial charge in [0, 0.05) is 6.20 Å². The summed E-state index contributed by atoms with van der Waals surface area (Å²) < 4.78 is 27.2. The van der Waals surface area contributed by atoms with Crippen molar-refractivity contribution in [3.63, 3.8) is 0 Å². The van der Waals surface area contributed by atoms with Crippen LogP contribution < -0.4 is 4.72 Å². The third-order valence-corrected chi connectivity index (χ3v) is 3.84. The lowest BCUT2D eigenvalue weighted by atomic mass is 10.5. The monoisotopic (exact) mass is 254 g/mol. The molecular weight excluding hydrogens is 240 g/mol. The number of rotatable bonds is 5. The second-order valence-corrected chi connectivity index (χ2v) is 5.61. The molecular formula is C10H14N4O2S. The Labute approximate surface area is 99.7 Å². The maximum absolute atomic E-state index is 11.5. The molecule has 0 atom stereocenters. The molecule has 0 aliphatic carbocycles. The molecule has 2 heterocycles. The van der Waals surface area contributed by atoms with Crippen LogP contribution in [0.1, 0.15) is 19.2 Å². The van der Waals surface area contributed by atoms with E-state index in [-0.39, 0.29) is 12.3 Å². The summed E-state index contributed by atoms with van der Waals surface area (Å²) in [7, 11) is -3.21. The van der Waals surface area contributed by atoms with Crippen molar-refractivity contribution in [2.45, 2.75) is 19.9 Å². The van der Waals surface area contributed by atoms with Crippen LogP contribution in [-0.2, 0) is 16.6 Å². The fourth-order valence-corrected chi connectivity index (χ4v) is 2.56. The fraction of sp³-hybridized carbons (Fsp3) is 0.400. The molecule has 17 heavy (non-hydrogen) atoms. The van der Waals surface area contributed by atoms with Gasteiger partial charge in [-0.05, 0) is 18.6 Å². The number of aromatic nitrogens is 3.